The molecule has 0 unspecified atom stereocenters. The first-order chi connectivity index (χ1) is 13.1. The Kier molecular flexibility index (Phi) is 8.17. The van der Waals surface area contributed by atoms with Gasteiger partial charge >= 0.3 is 0 Å². The maximum atomic E-state index is 5.45. The summed E-state index contributed by atoms with van der Waals surface area (Å²) >= 11 is 0. The lowest BCUT2D eigenvalue weighted by molar-refractivity contribution is 0.368. The second kappa shape index (κ2) is 10.6. The summed E-state index contributed by atoms with van der Waals surface area (Å²) in [6, 6.07) is 8.34. The molecule has 148 valence electrons. The summed E-state index contributed by atoms with van der Waals surface area (Å²) in [6.45, 7) is 7.74. The predicted octanol–water partition coefficient (Wildman–Crippen LogP) is 3.80. The standard InChI is InChI=1S/C21H32N4O2/c1-6-17(7-2)19-13-18(27-25-19)14-24-21(22-4)23-11-10-16-9-8-15(3)20(12-16)26-5/h8-9,12-13,17H,6-7,10-11,14H2,1-5H3,(H2,22,23,24). The van der Waals surface area contributed by atoms with Gasteiger partial charge in [0.05, 0.1) is 19.3 Å². The zero-order chi connectivity index (χ0) is 19.6. The van der Waals surface area contributed by atoms with Crippen LogP contribution in [0, 0.1) is 6.92 Å². The fourth-order valence-corrected chi connectivity index (χ4v) is 3.05. The van der Waals surface area contributed by atoms with Crippen LogP contribution in [-0.2, 0) is 13.0 Å². The van der Waals surface area contributed by atoms with Gasteiger partial charge in [0, 0.05) is 25.6 Å². The van der Waals surface area contributed by atoms with Gasteiger partial charge in [-0.3, -0.25) is 4.99 Å². The van der Waals surface area contributed by atoms with E-state index in [1.165, 1.54) is 5.56 Å². The molecule has 0 saturated carbocycles. The molecule has 2 N–H and O–H groups in total. The number of aryl methyl sites for hydroxylation is 1. The average Bonchev–Trinajstić information content (AvgIpc) is 3.15. The largest absolute Gasteiger partial charge is 0.496 e. The topological polar surface area (TPSA) is 71.7 Å². The summed E-state index contributed by atoms with van der Waals surface area (Å²) in [5, 5.41) is 10.8. The first kappa shape index (κ1) is 20.8. The molecule has 2 rings (SSSR count). The number of benzene rings is 1. The summed E-state index contributed by atoms with van der Waals surface area (Å²) in [5.74, 6) is 2.96. The minimum atomic E-state index is 0.464. The van der Waals surface area contributed by atoms with Crippen molar-refractivity contribution in [2.24, 2.45) is 4.99 Å². The highest BCUT2D eigenvalue weighted by atomic mass is 16.5. The molecule has 2 aromatic rings. The second-order valence-corrected chi connectivity index (χ2v) is 6.64. The number of nitrogens with one attached hydrogen (secondary N) is 2. The summed E-state index contributed by atoms with van der Waals surface area (Å²) in [7, 11) is 3.47. The highest BCUT2D eigenvalue weighted by Crippen LogP contribution is 2.22. The lowest BCUT2D eigenvalue weighted by atomic mass is 9.99. The molecule has 0 amide bonds. The van der Waals surface area contributed by atoms with E-state index < -0.39 is 0 Å². The first-order valence-electron chi connectivity index (χ1n) is 9.64. The fourth-order valence-electron chi connectivity index (χ4n) is 3.05. The molecule has 6 heteroatoms. The van der Waals surface area contributed by atoms with E-state index >= 15 is 0 Å². The van der Waals surface area contributed by atoms with Crippen LogP contribution in [0.4, 0.5) is 0 Å². The van der Waals surface area contributed by atoms with Crippen molar-refractivity contribution in [1.82, 2.24) is 15.8 Å². The summed E-state index contributed by atoms with van der Waals surface area (Å²) < 4.78 is 10.8. The predicted molar refractivity (Wildman–Crippen MR) is 109 cm³/mol. The number of nitrogens with zero attached hydrogens (tertiary/aromatic N) is 2. The molecule has 1 heterocycles. The number of rotatable bonds is 9. The number of ether oxygens (including phenoxy) is 1. The van der Waals surface area contributed by atoms with Gasteiger partial charge in [0.15, 0.2) is 11.7 Å². The minimum Gasteiger partial charge on any atom is -0.496 e. The zero-order valence-electron chi connectivity index (χ0n) is 17.1. The Balaban J connectivity index is 1.81. The third-order valence-corrected chi connectivity index (χ3v) is 4.81. The van der Waals surface area contributed by atoms with Crippen molar-refractivity contribution < 1.29 is 9.26 Å². The lowest BCUT2D eigenvalue weighted by Crippen LogP contribution is -2.37. The Bertz CT molecular complexity index is 736. The monoisotopic (exact) mass is 372 g/mol. The molecule has 1 aromatic carbocycles. The Labute approximate surface area is 162 Å². The van der Waals surface area contributed by atoms with Crippen molar-refractivity contribution in [3.8, 4) is 5.75 Å². The number of methoxy groups -OCH3 is 1. The van der Waals surface area contributed by atoms with Crippen molar-refractivity contribution in [3.05, 3.63) is 46.8 Å². The number of hydrogen-bond acceptors (Lipinski definition) is 4. The van der Waals surface area contributed by atoms with Crippen molar-refractivity contribution in [2.45, 2.75) is 52.5 Å². The van der Waals surface area contributed by atoms with Crippen LogP contribution in [0.5, 0.6) is 5.75 Å². The maximum absolute atomic E-state index is 5.45. The minimum absolute atomic E-state index is 0.464. The quantitative estimate of drug-likeness (QED) is 0.517. The highest BCUT2D eigenvalue weighted by Gasteiger charge is 2.13. The van der Waals surface area contributed by atoms with Crippen molar-refractivity contribution >= 4 is 5.96 Å². The van der Waals surface area contributed by atoms with Crippen molar-refractivity contribution in [3.63, 3.8) is 0 Å². The van der Waals surface area contributed by atoms with E-state index in [2.05, 4.69) is 52.8 Å². The molecule has 0 bridgehead atoms. The molecule has 0 atom stereocenters. The van der Waals surface area contributed by atoms with Gasteiger partial charge in [-0.15, -0.1) is 0 Å². The van der Waals surface area contributed by atoms with Gasteiger partial charge in [-0.05, 0) is 43.4 Å². The molecule has 0 aliphatic heterocycles. The highest BCUT2D eigenvalue weighted by molar-refractivity contribution is 5.79. The third kappa shape index (κ3) is 6.01. The average molecular weight is 373 g/mol. The molecule has 0 spiro atoms. The smallest absolute Gasteiger partial charge is 0.191 e. The molecule has 0 radical (unpaired) electrons. The summed E-state index contributed by atoms with van der Waals surface area (Å²) in [6.07, 6.45) is 3.03. The zero-order valence-corrected chi connectivity index (χ0v) is 17.1. The van der Waals surface area contributed by atoms with Gasteiger partial charge in [-0.25, -0.2) is 0 Å². The molecule has 6 nitrogen and oxygen atoms in total. The van der Waals surface area contributed by atoms with E-state index in [1.54, 1.807) is 14.2 Å². The van der Waals surface area contributed by atoms with E-state index in [9.17, 15) is 0 Å². The molecule has 0 fully saturated rings. The van der Waals surface area contributed by atoms with Gasteiger partial charge in [0.25, 0.3) is 0 Å². The van der Waals surface area contributed by atoms with Crippen LogP contribution in [0.1, 0.15) is 55.2 Å². The van der Waals surface area contributed by atoms with Gasteiger partial charge in [0.2, 0.25) is 0 Å². The Morgan fingerprint density at radius 1 is 1.22 bits per heavy atom. The molecule has 27 heavy (non-hydrogen) atoms. The van der Waals surface area contributed by atoms with Gasteiger partial charge in [0.1, 0.15) is 5.75 Å². The molecular formula is C21H32N4O2. The number of aromatic nitrogens is 1. The van der Waals surface area contributed by atoms with E-state index in [0.717, 1.165) is 54.5 Å². The van der Waals surface area contributed by atoms with E-state index in [-0.39, 0.29) is 0 Å². The number of guanidine groups is 1. The third-order valence-electron chi connectivity index (χ3n) is 4.81. The second-order valence-electron chi connectivity index (χ2n) is 6.64. The van der Waals surface area contributed by atoms with Crippen LogP contribution >= 0.6 is 0 Å². The number of hydrogen-bond donors (Lipinski definition) is 2. The number of aliphatic imine (C=N–C) groups is 1. The van der Waals surface area contributed by atoms with Crippen LogP contribution in [0.2, 0.25) is 0 Å². The van der Waals surface area contributed by atoms with Gasteiger partial charge in [-0.1, -0.05) is 31.1 Å². The van der Waals surface area contributed by atoms with E-state index in [4.69, 9.17) is 9.26 Å². The lowest BCUT2D eigenvalue weighted by Gasteiger charge is -2.12. The van der Waals surface area contributed by atoms with Crippen molar-refractivity contribution in [2.75, 3.05) is 20.7 Å². The Morgan fingerprint density at radius 3 is 2.67 bits per heavy atom. The van der Waals surface area contributed by atoms with Gasteiger partial charge < -0.3 is 19.9 Å². The summed E-state index contributed by atoms with van der Waals surface area (Å²) in [4.78, 5) is 4.26. The van der Waals surface area contributed by atoms with Crippen LogP contribution in [0.15, 0.2) is 33.8 Å². The fraction of sp³-hybridized carbons (Fsp3) is 0.524. The van der Waals surface area contributed by atoms with Crippen LogP contribution in [0.3, 0.4) is 0 Å². The molecular weight excluding hydrogens is 340 g/mol. The van der Waals surface area contributed by atoms with E-state index in [1.807, 2.05) is 13.0 Å². The normalized spacial score (nSPS) is 11.7. The Morgan fingerprint density at radius 2 is 2.00 bits per heavy atom. The van der Waals surface area contributed by atoms with Crippen LogP contribution in [-0.4, -0.2) is 31.8 Å². The first-order valence-corrected chi connectivity index (χ1v) is 9.64. The maximum Gasteiger partial charge on any atom is 0.191 e. The SMILES string of the molecule is CCC(CC)c1cc(CNC(=NC)NCCc2ccc(C)c(OC)c2)on1. The van der Waals surface area contributed by atoms with Crippen LogP contribution in [0.25, 0.3) is 0 Å². The van der Waals surface area contributed by atoms with Gasteiger partial charge in [-0.2, -0.15) is 0 Å². The molecule has 0 saturated heterocycles. The molecule has 0 aliphatic carbocycles. The summed E-state index contributed by atoms with van der Waals surface area (Å²) in [5.41, 5.74) is 3.41. The van der Waals surface area contributed by atoms with E-state index in [0.29, 0.717) is 12.5 Å². The van der Waals surface area contributed by atoms with Crippen LogP contribution < -0.4 is 15.4 Å². The molecule has 0 aliphatic rings. The Hall–Kier alpha value is -2.50. The van der Waals surface area contributed by atoms with Crippen molar-refractivity contribution in [1.29, 1.82) is 0 Å². The molecule has 1 aromatic heterocycles.